The van der Waals surface area contributed by atoms with Crippen molar-refractivity contribution in [3.05, 3.63) is 48.1 Å². The zero-order chi connectivity index (χ0) is 15.2. The summed E-state index contributed by atoms with van der Waals surface area (Å²) in [6.45, 7) is 0. The molecule has 6 nitrogen and oxygen atoms in total. The van der Waals surface area contributed by atoms with Crippen LogP contribution in [0.1, 0.15) is 5.56 Å². The van der Waals surface area contributed by atoms with Crippen molar-refractivity contribution in [2.45, 2.75) is 6.04 Å². The van der Waals surface area contributed by atoms with Gasteiger partial charge in [0.2, 0.25) is 23.1 Å². The lowest BCUT2D eigenvalue weighted by atomic mass is 9.97. The highest BCUT2D eigenvalue weighted by Crippen LogP contribution is 2.22. The molecule has 7 heteroatoms. The van der Waals surface area contributed by atoms with Crippen molar-refractivity contribution in [3.8, 4) is 0 Å². The molecule has 0 spiro atoms. The van der Waals surface area contributed by atoms with E-state index in [0.717, 1.165) is 5.56 Å². The fourth-order valence-electron chi connectivity index (χ4n) is 1.96. The molecule has 108 valence electrons. The second-order valence-corrected chi connectivity index (χ2v) is 5.14. The Hall–Kier alpha value is -2.67. The van der Waals surface area contributed by atoms with E-state index in [-0.39, 0.29) is 4.86 Å². The van der Waals surface area contributed by atoms with Crippen LogP contribution in [-0.2, 0) is 19.9 Å². The highest BCUT2D eigenvalue weighted by molar-refractivity contribution is 7.73. The standard InChI is InChI=1S/C14H12N2O4S/c17-8-15-12-4-1-10(2-5-12)11-3-6-13(16-9-18)14(7-11)21(19)20/h1-9,13H,(H,15,17)(H,16,18). The van der Waals surface area contributed by atoms with Crippen LogP contribution >= 0.6 is 0 Å². The van der Waals surface area contributed by atoms with Gasteiger partial charge in [0.15, 0.2) is 0 Å². The van der Waals surface area contributed by atoms with Crippen molar-refractivity contribution >= 4 is 39.2 Å². The van der Waals surface area contributed by atoms with Crippen LogP contribution in [0.4, 0.5) is 5.69 Å². The Morgan fingerprint density at radius 3 is 2.33 bits per heavy atom. The van der Waals surface area contributed by atoms with Gasteiger partial charge >= 0.3 is 0 Å². The van der Waals surface area contributed by atoms with Gasteiger partial charge in [0.1, 0.15) is 0 Å². The maximum atomic E-state index is 11.2. The van der Waals surface area contributed by atoms with Crippen LogP contribution in [0.5, 0.6) is 0 Å². The Labute approximate surface area is 122 Å². The lowest BCUT2D eigenvalue weighted by Crippen LogP contribution is -2.35. The molecule has 1 aliphatic carbocycles. The fourth-order valence-corrected chi connectivity index (χ4v) is 2.53. The second kappa shape index (κ2) is 6.67. The number of nitrogens with one attached hydrogen (secondary N) is 2. The Kier molecular flexibility index (Phi) is 4.68. The van der Waals surface area contributed by atoms with Gasteiger partial charge in [-0.1, -0.05) is 24.3 Å². The molecular formula is C14H12N2O4S. The third-order valence-electron chi connectivity index (χ3n) is 2.96. The number of hydrogen-bond donors (Lipinski definition) is 2. The topological polar surface area (TPSA) is 92.3 Å². The third-order valence-corrected chi connectivity index (χ3v) is 3.71. The molecule has 1 atom stereocenters. The van der Waals surface area contributed by atoms with Gasteiger partial charge in [0.05, 0.1) is 10.9 Å². The van der Waals surface area contributed by atoms with Gasteiger partial charge in [0, 0.05) is 5.69 Å². The van der Waals surface area contributed by atoms with Gasteiger partial charge < -0.3 is 10.6 Å². The number of benzene rings is 1. The number of amides is 2. The molecule has 2 N–H and O–H groups in total. The minimum Gasteiger partial charge on any atom is -0.347 e. The SMILES string of the molecule is O=CNc1ccc(C2=CC(=S(=O)=O)C(NC=O)C=C2)cc1. The van der Waals surface area contributed by atoms with Crippen LogP contribution in [0.2, 0.25) is 0 Å². The fraction of sp³-hybridized carbons (Fsp3) is 0.0714. The van der Waals surface area contributed by atoms with E-state index < -0.39 is 16.3 Å². The molecular weight excluding hydrogens is 292 g/mol. The summed E-state index contributed by atoms with van der Waals surface area (Å²) in [5.74, 6) is 0. The van der Waals surface area contributed by atoms with E-state index in [9.17, 15) is 18.0 Å². The summed E-state index contributed by atoms with van der Waals surface area (Å²) < 4.78 is 22.5. The molecule has 0 radical (unpaired) electrons. The molecule has 0 aromatic heterocycles. The number of rotatable bonds is 5. The molecule has 0 saturated carbocycles. The largest absolute Gasteiger partial charge is 0.347 e. The molecule has 1 unspecified atom stereocenters. The maximum absolute atomic E-state index is 11.2. The summed E-state index contributed by atoms with van der Waals surface area (Å²) in [7, 11) is -2.43. The molecule has 0 bridgehead atoms. The number of hydrogen-bond acceptors (Lipinski definition) is 4. The van der Waals surface area contributed by atoms with Crippen molar-refractivity contribution < 1.29 is 18.0 Å². The lowest BCUT2D eigenvalue weighted by Gasteiger charge is -2.16. The zero-order valence-electron chi connectivity index (χ0n) is 10.8. The average molecular weight is 304 g/mol. The average Bonchev–Trinajstić information content (AvgIpc) is 2.49. The summed E-state index contributed by atoms with van der Waals surface area (Å²) in [5, 5.41) is 4.94. The molecule has 0 heterocycles. The highest BCUT2D eigenvalue weighted by Gasteiger charge is 2.17. The molecule has 1 aliphatic rings. The first-order valence-corrected chi connectivity index (χ1v) is 7.09. The Bertz CT molecular complexity index is 738. The number of carbonyl (C=O) groups is 2. The molecule has 0 fully saturated rings. The first-order chi connectivity index (χ1) is 10.2. The zero-order valence-corrected chi connectivity index (χ0v) is 11.6. The van der Waals surface area contributed by atoms with Gasteiger partial charge in [-0.25, -0.2) is 0 Å². The van der Waals surface area contributed by atoms with Gasteiger partial charge in [-0.05, 0) is 29.3 Å². The first-order valence-electron chi connectivity index (χ1n) is 6.02. The highest BCUT2D eigenvalue weighted by atomic mass is 32.2. The number of anilines is 1. The van der Waals surface area contributed by atoms with Gasteiger partial charge in [-0.2, -0.15) is 8.42 Å². The summed E-state index contributed by atoms with van der Waals surface area (Å²) >= 11 is 0. The number of allylic oxidation sites excluding steroid dienone is 2. The maximum Gasteiger partial charge on any atom is 0.219 e. The van der Waals surface area contributed by atoms with Crippen LogP contribution in [0.3, 0.4) is 0 Å². The first kappa shape index (κ1) is 14.7. The molecule has 2 amide bonds. The predicted octanol–water partition coefficient (Wildman–Crippen LogP) is 0.374. The Balaban J connectivity index is 2.35. The van der Waals surface area contributed by atoms with Crippen LogP contribution < -0.4 is 10.6 Å². The molecule has 0 aliphatic heterocycles. The molecule has 1 aromatic carbocycles. The quantitative estimate of drug-likeness (QED) is 0.607. The van der Waals surface area contributed by atoms with Crippen molar-refractivity contribution in [3.63, 3.8) is 0 Å². The lowest BCUT2D eigenvalue weighted by molar-refractivity contribution is -0.109. The molecule has 21 heavy (non-hydrogen) atoms. The van der Waals surface area contributed by atoms with E-state index in [2.05, 4.69) is 10.6 Å². The third kappa shape index (κ3) is 3.46. The van der Waals surface area contributed by atoms with Crippen LogP contribution in [0.15, 0.2) is 42.5 Å². The van der Waals surface area contributed by atoms with Gasteiger partial charge in [-0.15, -0.1) is 0 Å². The summed E-state index contributed by atoms with van der Waals surface area (Å²) in [5.41, 5.74) is 2.15. The summed E-state index contributed by atoms with van der Waals surface area (Å²) in [6, 6.07) is 6.30. The Morgan fingerprint density at radius 1 is 1.05 bits per heavy atom. The minimum atomic E-state index is -2.43. The van der Waals surface area contributed by atoms with Crippen molar-refractivity contribution in [2.24, 2.45) is 0 Å². The number of carbonyl (C=O) groups excluding carboxylic acids is 2. The van der Waals surface area contributed by atoms with Gasteiger partial charge in [-0.3, -0.25) is 9.59 Å². The smallest absolute Gasteiger partial charge is 0.219 e. The Morgan fingerprint density at radius 2 is 1.76 bits per heavy atom. The normalized spacial score (nSPS) is 16.9. The van der Waals surface area contributed by atoms with Gasteiger partial charge in [0.25, 0.3) is 0 Å². The minimum absolute atomic E-state index is 0.0923. The van der Waals surface area contributed by atoms with Crippen molar-refractivity contribution in [2.75, 3.05) is 5.32 Å². The van der Waals surface area contributed by atoms with Crippen LogP contribution in [-0.4, -0.2) is 32.1 Å². The second-order valence-electron chi connectivity index (χ2n) is 4.20. The summed E-state index contributed by atoms with van der Waals surface area (Å²) in [6.07, 6.45) is 5.89. The van der Waals surface area contributed by atoms with E-state index in [0.29, 0.717) is 24.1 Å². The van der Waals surface area contributed by atoms with Crippen molar-refractivity contribution in [1.82, 2.24) is 5.32 Å². The molecule has 2 rings (SSSR count). The van der Waals surface area contributed by atoms with E-state index in [1.807, 2.05) is 0 Å². The predicted molar refractivity (Wildman–Crippen MR) is 80.2 cm³/mol. The van der Waals surface area contributed by atoms with Crippen molar-refractivity contribution in [1.29, 1.82) is 0 Å². The molecule has 1 aromatic rings. The van der Waals surface area contributed by atoms with E-state index in [4.69, 9.17) is 0 Å². The van der Waals surface area contributed by atoms with E-state index >= 15 is 0 Å². The molecule has 0 saturated heterocycles. The monoisotopic (exact) mass is 304 g/mol. The van der Waals surface area contributed by atoms with Crippen LogP contribution in [0, 0.1) is 0 Å². The van der Waals surface area contributed by atoms with E-state index in [1.54, 1.807) is 36.4 Å². The van der Waals surface area contributed by atoms with E-state index in [1.165, 1.54) is 6.08 Å². The summed E-state index contributed by atoms with van der Waals surface area (Å²) in [4.78, 5) is 20.9. The van der Waals surface area contributed by atoms with Crippen LogP contribution in [0.25, 0.3) is 5.57 Å².